The number of hydrogen-bond donors (Lipinski definition) is 1. The number of aromatic nitrogens is 4. The third kappa shape index (κ3) is 3.75. The summed E-state index contributed by atoms with van der Waals surface area (Å²) in [6.07, 6.45) is 5.72. The van der Waals surface area contributed by atoms with Crippen LogP contribution in [-0.4, -0.2) is 30.6 Å². The average Bonchev–Trinajstić information content (AvgIpc) is 3.42. The second-order valence-corrected chi connectivity index (χ2v) is 8.30. The van der Waals surface area contributed by atoms with Crippen molar-refractivity contribution in [3.8, 4) is 22.5 Å². The van der Waals surface area contributed by atoms with Crippen LogP contribution in [-0.2, 0) is 13.1 Å². The van der Waals surface area contributed by atoms with Crippen LogP contribution in [0.2, 0.25) is 0 Å². The molecule has 0 saturated carbocycles. The lowest BCUT2D eigenvalue weighted by atomic mass is 9.99. The Bertz CT molecular complexity index is 1330. The fourth-order valence-corrected chi connectivity index (χ4v) is 4.04. The van der Waals surface area contributed by atoms with Crippen molar-refractivity contribution in [1.82, 2.24) is 24.6 Å². The van der Waals surface area contributed by atoms with E-state index in [-0.39, 0.29) is 5.91 Å². The van der Waals surface area contributed by atoms with Gasteiger partial charge in [-0.25, -0.2) is 9.67 Å². The second-order valence-electron chi connectivity index (χ2n) is 8.30. The average molecular weight is 424 g/mol. The minimum absolute atomic E-state index is 0.0852. The lowest BCUT2D eigenvalue weighted by Crippen LogP contribution is -2.23. The summed E-state index contributed by atoms with van der Waals surface area (Å²) < 4.78 is 1.44. The zero-order valence-electron chi connectivity index (χ0n) is 18.5. The Kier molecular flexibility index (Phi) is 4.98. The molecule has 1 aliphatic rings. The summed E-state index contributed by atoms with van der Waals surface area (Å²) in [5.74, 6) is 0.778. The smallest absolute Gasteiger partial charge is 0.244 e. The number of hydrogen-bond acceptors (Lipinski definition) is 4. The predicted octanol–water partition coefficient (Wildman–Crippen LogP) is 5.20. The van der Waals surface area contributed by atoms with Crippen LogP contribution < -0.4 is 0 Å². The highest BCUT2D eigenvalue weighted by atomic mass is 16.2. The summed E-state index contributed by atoms with van der Waals surface area (Å²) >= 11 is 0. The summed E-state index contributed by atoms with van der Waals surface area (Å²) in [6.45, 7) is 7.07. The van der Waals surface area contributed by atoms with Gasteiger partial charge in [0.1, 0.15) is 5.82 Å². The Balaban J connectivity index is 1.33. The Labute approximate surface area is 187 Å². The van der Waals surface area contributed by atoms with Crippen molar-refractivity contribution in [1.29, 1.82) is 0 Å². The molecule has 0 aliphatic carbocycles. The second kappa shape index (κ2) is 7.96. The molecule has 3 heterocycles. The molecule has 2 aromatic heterocycles. The van der Waals surface area contributed by atoms with Crippen LogP contribution in [0.5, 0.6) is 0 Å². The molecule has 0 spiro atoms. The van der Waals surface area contributed by atoms with Gasteiger partial charge in [-0.3, -0.25) is 4.79 Å². The lowest BCUT2D eigenvalue weighted by molar-refractivity contribution is 0.0915. The molecule has 1 aliphatic heterocycles. The minimum Gasteiger partial charge on any atom is -0.366 e. The molecule has 32 heavy (non-hydrogen) atoms. The number of aromatic amines is 1. The van der Waals surface area contributed by atoms with Gasteiger partial charge in [-0.1, -0.05) is 42.5 Å². The van der Waals surface area contributed by atoms with E-state index >= 15 is 0 Å². The number of nitrogens with one attached hydrogen (secondary N) is 1. The summed E-state index contributed by atoms with van der Waals surface area (Å²) in [6, 6.07) is 17.0. The van der Waals surface area contributed by atoms with E-state index in [4.69, 9.17) is 4.98 Å². The number of aryl methyl sites for hydroxylation is 2. The van der Waals surface area contributed by atoms with Gasteiger partial charge in [0.2, 0.25) is 5.91 Å². The Morgan fingerprint density at radius 1 is 1.00 bits per heavy atom. The van der Waals surface area contributed by atoms with Gasteiger partial charge in [0.05, 0.1) is 30.2 Å². The molecule has 6 heteroatoms. The lowest BCUT2D eigenvalue weighted by Gasteiger charge is -2.22. The van der Waals surface area contributed by atoms with Gasteiger partial charge in [0, 0.05) is 24.9 Å². The standard InChI is InChI=1S/C26H25N5O/c1-17-4-5-22(14-18(17)2)20-6-8-21(9-7-20)26-28-24-11-13-30(16-25(24)29-26)15-23-10-12-27-31(23)19(3)32/h4-14H,15-16H2,1-3H3,(H,28,29). The van der Waals surface area contributed by atoms with Gasteiger partial charge in [0.25, 0.3) is 0 Å². The molecular weight excluding hydrogens is 398 g/mol. The van der Waals surface area contributed by atoms with Gasteiger partial charge in [-0.05, 0) is 48.2 Å². The first kappa shape index (κ1) is 20.0. The van der Waals surface area contributed by atoms with Crippen molar-refractivity contribution in [2.24, 2.45) is 0 Å². The molecule has 0 fully saturated rings. The fourth-order valence-electron chi connectivity index (χ4n) is 4.04. The van der Waals surface area contributed by atoms with Crippen LogP contribution in [0.3, 0.4) is 0 Å². The van der Waals surface area contributed by atoms with Crippen LogP contribution in [0.25, 0.3) is 28.6 Å². The molecule has 0 saturated heterocycles. The molecule has 1 N–H and O–H groups in total. The monoisotopic (exact) mass is 423 g/mol. The van der Waals surface area contributed by atoms with Gasteiger partial charge < -0.3 is 9.88 Å². The largest absolute Gasteiger partial charge is 0.366 e. The molecule has 5 rings (SSSR count). The third-order valence-corrected chi connectivity index (χ3v) is 6.00. The molecule has 0 unspecified atom stereocenters. The summed E-state index contributed by atoms with van der Waals surface area (Å²) in [4.78, 5) is 22.1. The SMILES string of the molecule is CC(=O)n1nccc1CN1C=Cc2[nH]c(-c3ccc(-c4ccc(C)c(C)c4)cc3)nc2C1. The first-order valence-electron chi connectivity index (χ1n) is 10.7. The molecule has 6 nitrogen and oxygen atoms in total. The maximum Gasteiger partial charge on any atom is 0.244 e. The first-order valence-corrected chi connectivity index (χ1v) is 10.7. The van der Waals surface area contributed by atoms with Gasteiger partial charge in [0.15, 0.2) is 0 Å². The van der Waals surface area contributed by atoms with Crippen molar-refractivity contribution in [3.05, 3.63) is 89.1 Å². The number of fused-ring (bicyclic) bond motifs is 1. The molecule has 0 atom stereocenters. The number of carbonyl (C=O) groups is 1. The maximum atomic E-state index is 11.7. The highest BCUT2D eigenvalue weighted by Crippen LogP contribution is 2.27. The van der Waals surface area contributed by atoms with Gasteiger partial charge in [-0.15, -0.1) is 0 Å². The van der Waals surface area contributed by atoms with E-state index < -0.39 is 0 Å². The van der Waals surface area contributed by atoms with Crippen molar-refractivity contribution in [2.45, 2.75) is 33.9 Å². The predicted molar refractivity (Wildman–Crippen MR) is 126 cm³/mol. The molecule has 2 aromatic carbocycles. The zero-order chi connectivity index (χ0) is 22.2. The summed E-state index contributed by atoms with van der Waals surface area (Å²) in [7, 11) is 0. The molecule has 4 aromatic rings. The van der Waals surface area contributed by atoms with E-state index in [1.165, 1.54) is 33.9 Å². The zero-order valence-corrected chi connectivity index (χ0v) is 18.5. The molecule has 160 valence electrons. The van der Waals surface area contributed by atoms with Crippen molar-refractivity contribution < 1.29 is 4.79 Å². The van der Waals surface area contributed by atoms with Crippen LogP contribution in [0.4, 0.5) is 0 Å². The van der Waals surface area contributed by atoms with E-state index in [2.05, 4.69) is 71.3 Å². The maximum absolute atomic E-state index is 11.7. The van der Waals surface area contributed by atoms with Crippen LogP contribution in [0, 0.1) is 13.8 Å². The first-order chi connectivity index (χ1) is 15.5. The molecule has 0 bridgehead atoms. The van der Waals surface area contributed by atoms with Gasteiger partial charge in [-0.2, -0.15) is 5.10 Å². The van der Waals surface area contributed by atoms with Crippen LogP contribution >= 0.6 is 0 Å². The highest BCUT2D eigenvalue weighted by Gasteiger charge is 2.18. The van der Waals surface area contributed by atoms with Crippen molar-refractivity contribution >= 4 is 12.0 Å². The Morgan fingerprint density at radius 3 is 2.50 bits per heavy atom. The number of benzene rings is 2. The normalized spacial score (nSPS) is 12.8. The quantitative estimate of drug-likeness (QED) is 0.490. The molecule has 0 radical (unpaired) electrons. The van der Waals surface area contributed by atoms with Crippen molar-refractivity contribution in [2.75, 3.05) is 0 Å². The number of rotatable bonds is 4. The van der Waals surface area contributed by atoms with E-state index in [0.29, 0.717) is 13.1 Å². The summed E-state index contributed by atoms with van der Waals surface area (Å²) in [5, 5.41) is 4.10. The minimum atomic E-state index is -0.0852. The number of imidazole rings is 1. The highest BCUT2D eigenvalue weighted by molar-refractivity contribution is 5.75. The van der Waals surface area contributed by atoms with Crippen LogP contribution in [0.1, 0.15) is 39.9 Å². The number of carbonyl (C=O) groups excluding carboxylic acids is 1. The van der Waals surface area contributed by atoms with Crippen LogP contribution in [0.15, 0.2) is 60.9 Å². The van der Waals surface area contributed by atoms with E-state index in [9.17, 15) is 4.79 Å². The topological polar surface area (TPSA) is 66.8 Å². The fraction of sp³-hybridized carbons (Fsp3) is 0.192. The molecular formula is C26H25N5O. The third-order valence-electron chi connectivity index (χ3n) is 6.00. The molecule has 0 amide bonds. The van der Waals surface area contributed by atoms with E-state index in [1.807, 2.05) is 18.3 Å². The number of H-pyrrole nitrogens is 1. The van der Waals surface area contributed by atoms with Crippen molar-refractivity contribution in [3.63, 3.8) is 0 Å². The number of nitrogens with zero attached hydrogens (tertiary/aromatic N) is 4. The summed E-state index contributed by atoms with van der Waals surface area (Å²) in [5.41, 5.74) is 8.96. The van der Waals surface area contributed by atoms with E-state index in [0.717, 1.165) is 28.5 Å². The van der Waals surface area contributed by atoms with Gasteiger partial charge >= 0.3 is 0 Å². The van der Waals surface area contributed by atoms with E-state index in [1.54, 1.807) is 6.20 Å². The Hall–Kier alpha value is -3.93. The Morgan fingerprint density at radius 2 is 1.75 bits per heavy atom.